The molecule has 6 rings (SSSR count). The van der Waals surface area contributed by atoms with Crippen molar-refractivity contribution in [2.24, 2.45) is 0 Å². The Kier molecular flexibility index (Phi) is 6.41. The van der Waals surface area contributed by atoms with Crippen LogP contribution in [0, 0.1) is 13.8 Å². The molecule has 0 bridgehead atoms. The Morgan fingerprint density at radius 2 is 1.97 bits per heavy atom. The number of rotatable bonds is 5. The summed E-state index contributed by atoms with van der Waals surface area (Å²) < 4.78 is 14.5. The van der Waals surface area contributed by atoms with Crippen LogP contribution < -0.4 is 10.7 Å². The molecule has 0 saturated carbocycles. The van der Waals surface area contributed by atoms with Crippen molar-refractivity contribution in [3.8, 4) is 11.3 Å². The van der Waals surface area contributed by atoms with Crippen LogP contribution in [0.4, 0.5) is 5.69 Å². The first kappa shape index (κ1) is 24.6. The number of hydrogen-bond acceptors (Lipinski definition) is 6. The fraction of sp³-hybridized carbons (Fsp3) is 0.300. The molecule has 3 aromatic heterocycles. The highest BCUT2D eigenvalue weighted by atomic mass is 35.5. The first-order valence-corrected chi connectivity index (χ1v) is 13.3. The minimum absolute atomic E-state index is 0.0317. The average molecular weight is 529 g/mol. The topological polar surface area (TPSA) is 82.2 Å². The average Bonchev–Trinajstić information content (AvgIpc) is 3.35. The van der Waals surface area contributed by atoms with Crippen molar-refractivity contribution in [1.29, 1.82) is 0 Å². The van der Waals surface area contributed by atoms with Crippen LogP contribution in [-0.2, 0) is 4.74 Å². The summed E-state index contributed by atoms with van der Waals surface area (Å²) in [7, 11) is 0. The van der Waals surface area contributed by atoms with Crippen molar-refractivity contribution in [1.82, 2.24) is 14.8 Å². The van der Waals surface area contributed by atoms with E-state index >= 15 is 0 Å². The lowest BCUT2D eigenvalue weighted by Crippen LogP contribution is -2.18. The first-order valence-electron chi connectivity index (χ1n) is 12.9. The second-order valence-corrected chi connectivity index (χ2v) is 10.4. The van der Waals surface area contributed by atoms with Gasteiger partial charge in [0.05, 0.1) is 35.0 Å². The van der Waals surface area contributed by atoms with Gasteiger partial charge in [0.25, 0.3) is 0 Å². The zero-order valence-electron chi connectivity index (χ0n) is 21.6. The summed E-state index contributed by atoms with van der Waals surface area (Å²) in [4.78, 5) is 17.8. The number of anilines is 1. The molecule has 1 aliphatic rings. The van der Waals surface area contributed by atoms with Gasteiger partial charge in [0.1, 0.15) is 16.5 Å². The Morgan fingerprint density at radius 3 is 2.74 bits per heavy atom. The van der Waals surface area contributed by atoms with Crippen molar-refractivity contribution >= 4 is 39.2 Å². The number of nitrogens with one attached hydrogen (secondary N) is 1. The lowest BCUT2D eigenvalue weighted by atomic mass is 9.98. The predicted octanol–water partition coefficient (Wildman–Crippen LogP) is 7.35. The molecule has 0 radical (unpaired) electrons. The molecule has 5 aromatic rings. The summed E-state index contributed by atoms with van der Waals surface area (Å²) >= 11 is 5.95. The van der Waals surface area contributed by atoms with E-state index in [1.54, 1.807) is 12.3 Å². The van der Waals surface area contributed by atoms with Gasteiger partial charge in [-0.1, -0.05) is 29.8 Å². The Morgan fingerprint density at radius 1 is 1.11 bits per heavy atom. The maximum Gasteiger partial charge on any atom is 0.196 e. The van der Waals surface area contributed by atoms with Crippen LogP contribution in [-0.4, -0.2) is 21.4 Å². The van der Waals surface area contributed by atoms with Gasteiger partial charge < -0.3 is 14.5 Å². The number of hydrogen-bond donors (Lipinski definition) is 1. The molecule has 1 N–H and O–H groups in total. The molecule has 0 aliphatic carbocycles. The second-order valence-electron chi connectivity index (χ2n) is 10.0. The number of benzene rings is 2. The van der Waals surface area contributed by atoms with Gasteiger partial charge in [-0.25, -0.2) is 9.67 Å². The maximum absolute atomic E-state index is 13.6. The Labute approximate surface area is 225 Å². The van der Waals surface area contributed by atoms with Crippen LogP contribution in [0.5, 0.6) is 0 Å². The van der Waals surface area contributed by atoms with Crippen LogP contribution in [0.1, 0.15) is 55.1 Å². The van der Waals surface area contributed by atoms with Gasteiger partial charge >= 0.3 is 0 Å². The second kappa shape index (κ2) is 9.89. The highest BCUT2D eigenvalue weighted by Crippen LogP contribution is 2.34. The maximum atomic E-state index is 13.6. The molecular formula is C30H29ClN4O3. The minimum atomic E-state index is -0.147. The molecular weight excluding hydrogens is 500 g/mol. The van der Waals surface area contributed by atoms with Gasteiger partial charge in [-0.05, 0) is 69.9 Å². The highest BCUT2D eigenvalue weighted by molar-refractivity contribution is 6.29. The quantitative estimate of drug-likeness (QED) is 0.240. The predicted molar refractivity (Wildman–Crippen MR) is 151 cm³/mol. The summed E-state index contributed by atoms with van der Waals surface area (Å²) in [5.74, 6) is 0.562. The minimum Gasteiger partial charge on any atom is -0.455 e. The van der Waals surface area contributed by atoms with E-state index in [0.717, 1.165) is 59.2 Å². The normalized spacial score (nSPS) is 16.7. The third kappa shape index (κ3) is 4.46. The highest BCUT2D eigenvalue weighted by Gasteiger charge is 2.22. The Balaban J connectivity index is 1.47. The molecule has 194 valence electrons. The summed E-state index contributed by atoms with van der Waals surface area (Å²) in [5, 5.41) is 10.1. The third-order valence-electron chi connectivity index (χ3n) is 7.26. The molecule has 8 heteroatoms. The van der Waals surface area contributed by atoms with Crippen LogP contribution in [0.25, 0.3) is 33.2 Å². The van der Waals surface area contributed by atoms with Crippen LogP contribution in [0.2, 0.25) is 5.15 Å². The zero-order chi connectivity index (χ0) is 26.4. The molecule has 1 fully saturated rings. The standard InChI is InChI=1S/C30H29ClN4O3/c1-17-12-23(19(3)34-22-9-10-26(31)32-16-22)30-24(13-17)28(36)18(2)29(38-30)20-7-8-21-15-33-35(25(21)14-20)27-6-4-5-11-37-27/h7-10,12-16,19,27,34H,4-6,11H2,1-3H3/t19-,27?/m1/s1. The van der Waals surface area contributed by atoms with E-state index in [0.29, 0.717) is 27.4 Å². The number of ether oxygens (including phenoxy) is 1. The SMILES string of the molecule is Cc1cc([C@@H](C)Nc2ccc(Cl)nc2)c2oc(-c3ccc4cnn(C5CCCCO5)c4c3)c(C)c(=O)c2c1. The van der Waals surface area contributed by atoms with Crippen molar-refractivity contribution in [2.45, 2.75) is 52.3 Å². The van der Waals surface area contributed by atoms with Crippen molar-refractivity contribution in [2.75, 3.05) is 11.9 Å². The molecule has 2 aromatic carbocycles. The van der Waals surface area contributed by atoms with Crippen LogP contribution >= 0.6 is 11.6 Å². The van der Waals surface area contributed by atoms with E-state index in [2.05, 4.69) is 21.5 Å². The van der Waals surface area contributed by atoms with Gasteiger partial charge in [-0.2, -0.15) is 5.10 Å². The number of aryl methyl sites for hydroxylation is 1. The Hall–Kier alpha value is -3.68. The fourth-order valence-electron chi connectivity index (χ4n) is 5.28. The van der Waals surface area contributed by atoms with Gasteiger partial charge in [0.2, 0.25) is 0 Å². The van der Waals surface area contributed by atoms with Gasteiger partial charge in [-0.3, -0.25) is 4.79 Å². The zero-order valence-corrected chi connectivity index (χ0v) is 22.4. The summed E-state index contributed by atoms with van der Waals surface area (Å²) in [6, 6.07) is 13.5. The number of pyridine rings is 1. The van der Waals surface area contributed by atoms with E-state index in [1.807, 2.05) is 62.0 Å². The van der Waals surface area contributed by atoms with Crippen molar-refractivity contribution in [3.05, 3.63) is 86.9 Å². The molecule has 0 spiro atoms. The molecule has 1 unspecified atom stereocenters. The lowest BCUT2D eigenvalue weighted by molar-refractivity contribution is -0.0366. The first-order chi connectivity index (χ1) is 18.4. The van der Waals surface area contributed by atoms with Gasteiger partial charge in [0.15, 0.2) is 11.7 Å². The molecule has 2 atom stereocenters. The van der Waals surface area contributed by atoms with E-state index in [4.69, 9.17) is 20.8 Å². The lowest BCUT2D eigenvalue weighted by Gasteiger charge is -2.23. The summed E-state index contributed by atoms with van der Waals surface area (Å²) in [6.45, 7) is 6.60. The fourth-order valence-corrected chi connectivity index (χ4v) is 5.39. The van der Waals surface area contributed by atoms with Gasteiger partial charge in [0, 0.05) is 28.7 Å². The molecule has 1 saturated heterocycles. The smallest absolute Gasteiger partial charge is 0.196 e. The molecule has 4 heterocycles. The molecule has 38 heavy (non-hydrogen) atoms. The van der Waals surface area contributed by atoms with E-state index in [1.165, 1.54) is 0 Å². The summed E-state index contributed by atoms with van der Waals surface area (Å²) in [6.07, 6.45) is 6.60. The number of halogens is 1. The van der Waals surface area contributed by atoms with Crippen molar-refractivity contribution in [3.63, 3.8) is 0 Å². The summed E-state index contributed by atoms with van der Waals surface area (Å²) in [5.41, 5.74) is 5.64. The molecule has 0 amide bonds. The van der Waals surface area contributed by atoms with E-state index < -0.39 is 0 Å². The monoisotopic (exact) mass is 528 g/mol. The number of fused-ring (bicyclic) bond motifs is 2. The van der Waals surface area contributed by atoms with E-state index in [-0.39, 0.29) is 17.7 Å². The Bertz CT molecular complexity index is 1700. The third-order valence-corrected chi connectivity index (χ3v) is 7.48. The van der Waals surface area contributed by atoms with Crippen molar-refractivity contribution < 1.29 is 9.15 Å². The molecule has 1 aliphatic heterocycles. The largest absolute Gasteiger partial charge is 0.455 e. The van der Waals surface area contributed by atoms with E-state index in [9.17, 15) is 4.79 Å². The van der Waals surface area contributed by atoms with Crippen LogP contribution in [0.15, 0.2) is 64.1 Å². The molecule has 7 nitrogen and oxygen atoms in total. The number of aromatic nitrogens is 3. The van der Waals surface area contributed by atoms with Crippen LogP contribution in [0.3, 0.4) is 0 Å². The van der Waals surface area contributed by atoms with Gasteiger partial charge in [-0.15, -0.1) is 0 Å². The number of nitrogens with zero attached hydrogens (tertiary/aromatic N) is 3.